The Labute approximate surface area is 89.5 Å². The maximum absolute atomic E-state index is 10.1. The molecule has 0 fully saturated rings. The smallest absolute Gasteiger partial charge is 0.403 e. The average molecular weight is 225 g/mol. The van der Waals surface area contributed by atoms with Crippen molar-refractivity contribution in [2.24, 2.45) is 0 Å². The molecule has 0 atom stereocenters. The van der Waals surface area contributed by atoms with E-state index in [1.807, 2.05) is 6.92 Å². The lowest BCUT2D eigenvalue weighted by atomic mass is 10.4. The van der Waals surface area contributed by atoms with Gasteiger partial charge in [0.2, 0.25) is 0 Å². The van der Waals surface area contributed by atoms with Crippen LogP contribution in [0.4, 0.5) is 4.79 Å². The zero-order chi connectivity index (χ0) is 10.6. The Morgan fingerprint density at radius 3 is 2.21 bits per heavy atom. The van der Waals surface area contributed by atoms with Gasteiger partial charge in [0.25, 0.3) is 0 Å². The van der Waals surface area contributed by atoms with E-state index in [0.717, 1.165) is 19.6 Å². The number of ether oxygens (including phenoxy) is 3. The van der Waals surface area contributed by atoms with Crippen LogP contribution >= 0.6 is 11.6 Å². The summed E-state index contributed by atoms with van der Waals surface area (Å²) in [6.45, 7) is 5.00. The lowest BCUT2D eigenvalue weighted by molar-refractivity contribution is 0.0785. The highest BCUT2D eigenvalue weighted by atomic mass is 35.5. The summed E-state index contributed by atoms with van der Waals surface area (Å²) in [5, 5.41) is 0. The fourth-order valence-corrected chi connectivity index (χ4v) is 0.900. The van der Waals surface area contributed by atoms with Crippen molar-refractivity contribution in [1.82, 2.24) is 0 Å². The molecule has 0 heterocycles. The first kappa shape index (κ1) is 13.7. The summed E-state index contributed by atoms with van der Waals surface area (Å²) < 4.78 is 14.9. The van der Waals surface area contributed by atoms with Crippen LogP contribution in [0.1, 0.15) is 19.8 Å². The van der Waals surface area contributed by atoms with Crippen molar-refractivity contribution in [3.8, 4) is 0 Å². The molecule has 0 radical (unpaired) electrons. The molecule has 4 nitrogen and oxygen atoms in total. The van der Waals surface area contributed by atoms with Gasteiger partial charge < -0.3 is 14.2 Å². The molecule has 0 saturated carbocycles. The van der Waals surface area contributed by atoms with Crippen molar-refractivity contribution in [2.45, 2.75) is 19.8 Å². The fraction of sp³-hybridized carbons (Fsp3) is 0.889. The van der Waals surface area contributed by atoms with Gasteiger partial charge in [-0.25, -0.2) is 4.79 Å². The lowest BCUT2D eigenvalue weighted by Gasteiger charge is -2.04. The van der Waals surface area contributed by atoms with Crippen molar-refractivity contribution < 1.29 is 19.0 Å². The van der Waals surface area contributed by atoms with E-state index >= 15 is 0 Å². The highest BCUT2D eigenvalue weighted by Crippen LogP contribution is 1.91. The van der Waals surface area contributed by atoms with Crippen LogP contribution in [0.5, 0.6) is 0 Å². The second-order valence-electron chi connectivity index (χ2n) is 2.60. The summed E-state index contributed by atoms with van der Waals surface area (Å²) in [6.07, 6.45) is 1.57. The molecule has 0 rings (SSSR count). The molecule has 0 N–H and O–H groups in total. The van der Waals surface area contributed by atoms with Crippen LogP contribution in [-0.4, -0.2) is 38.5 Å². The van der Waals surface area contributed by atoms with Gasteiger partial charge in [0.1, 0.15) is 0 Å². The molecule has 0 bridgehead atoms. The summed E-state index contributed by atoms with van der Waals surface area (Å²) in [5.74, 6) is 0. The Bertz CT molecular complexity index is 141. The quantitative estimate of drug-likeness (QED) is 0.445. The molecule has 84 valence electrons. The summed E-state index contributed by atoms with van der Waals surface area (Å²) in [4.78, 5) is 10.1. The van der Waals surface area contributed by atoms with E-state index in [1.165, 1.54) is 0 Å². The van der Waals surface area contributed by atoms with Gasteiger partial charge in [0.15, 0.2) is 0 Å². The van der Waals surface area contributed by atoms with Crippen LogP contribution in [0, 0.1) is 0 Å². The molecule has 0 spiro atoms. The third kappa shape index (κ3) is 11.7. The third-order valence-electron chi connectivity index (χ3n) is 1.43. The number of hydrogen-bond acceptors (Lipinski definition) is 4. The van der Waals surface area contributed by atoms with Gasteiger partial charge in [-0.3, -0.25) is 0 Å². The maximum atomic E-state index is 10.1. The number of hydrogen-bond donors (Lipinski definition) is 0. The molecule has 14 heavy (non-hydrogen) atoms. The minimum Gasteiger partial charge on any atom is -0.454 e. The summed E-state index contributed by atoms with van der Waals surface area (Å²) in [6, 6.07) is 0. The number of halogens is 1. The van der Waals surface area contributed by atoms with E-state index < -0.39 is 5.43 Å². The molecule has 0 amide bonds. The van der Waals surface area contributed by atoms with Crippen molar-refractivity contribution in [3.63, 3.8) is 0 Å². The Hall–Kier alpha value is -0.320. The summed E-state index contributed by atoms with van der Waals surface area (Å²) in [7, 11) is 0. The second-order valence-corrected chi connectivity index (χ2v) is 2.91. The molecule has 0 aromatic carbocycles. The van der Waals surface area contributed by atoms with E-state index in [0.29, 0.717) is 26.2 Å². The van der Waals surface area contributed by atoms with Gasteiger partial charge in [0, 0.05) is 44.4 Å². The Morgan fingerprint density at radius 1 is 1.07 bits per heavy atom. The molecular formula is C9H17ClO4. The van der Waals surface area contributed by atoms with E-state index in [2.05, 4.69) is 4.74 Å². The molecule has 0 unspecified atom stereocenters. The largest absolute Gasteiger partial charge is 0.454 e. The Morgan fingerprint density at radius 2 is 1.64 bits per heavy atom. The van der Waals surface area contributed by atoms with Crippen LogP contribution < -0.4 is 0 Å². The van der Waals surface area contributed by atoms with E-state index in [-0.39, 0.29) is 0 Å². The van der Waals surface area contributed by atoms with Crippen molar-refractivity contribution >= 4 is 17.0 Å². The molecule has 0 aliphatic heterocycles. The molecule has 5 heteroatoms. The van der Waals surface area contributed by atoms with Crippen LogP contribution in [-0.2, 0) is 14.2 Å². The fourth-order valence-electron chi connectivity index (χ4n) is 0.823. The molecule has 0 saturated heterocycles. The van der Waals surface area contributed by atoms with Gasteiger partial charge in [0.05, 0.1) is 6.61 Å². The molecular weight excluding hydrogens is 208 g/mol. The zero-order valence-corrected chi connectivity index (χ0v) is 9.22. The normalized spacial score (nSPS) is 10.1. The van der Waals surface area contributed by atoms with Crippen LogP contribution in [0.25, 0.3) is 0 Å². The lowest BCUT2D eigenvalue weighted by Crippen LogP contribution is -2.05. The zero-order valence-electron chi connectivity index (χ0n) is 8.46. The van der Waals surface area contributed by atoms with E-state index in [4.69, 9.17) is 21.1 Å². The molecule has 0 aromatic rings. The van der Waals surface area contributed by atoms with E-state index in [9.17, 15) is 4.79 Å². The topological polar surface area (TPSA) is 44.8 Å². The van der Waals surface area contributed by atoms with Gasteiger partial charge in [-0.1, -0.05) is 0 Å². The number of carbonyl (C=O) groups excluding carboxylic acids is 1. The Balaban J connectivity index is 2.88. The standard InChI is InChI=1S/C9H17ClO4/c1-2-12-5-3-6-13-7-4-8-14-9(10)11/h2-8H2,1H3. The van der Waals surface area contributed by atoms with Gasteiger partial charge >= 0.3 is 5.43 Å². The minimum atomic E-state index is -0.763. The Kier molecular flexibility index (Phi) is 10.5. The second kappa shape index (κ2) is 10.8. The van der Waals surface area contributed by atoms with Gasteiger partial charge in [-0.15, -0.1) is 0 Å². The molecule has 0 aromatic heterocycles. The third-order valence-corrected chi connectivity index (χ3v) is 1.54. The summed E-state index contributed by atoms with van der Waals surface area (Å²) >= 11 is 4.96. The monoisotopic (exact) mass is 224 g/mol. The maximum Gasteiger partial charge on any atom is 0.403 e. The average Bonchev–Trinajstić information content (AvgIpc) is 2.15. The minimum absolute atomic E-state index is 0.313. The molecule has 0 aliphatic carbocycles. The first-order valence-corrected chi connectivity index (χ1v) is 5.13. The van der Waals surface area contributed by atoms with Gasteiger partial charge in [-0.05, 0) is 13.3 Å². The van der Waals surface area contributed by atoms with Crippen molar-refractivity contribution in [2.75, 3.05) is 33.0 Å². The summed E-state index contributed by atoms with van der Waals surface area (Å²) in [5.41, 5.74) is -0.763. The highest BCUT2D eigenvalue weighted by Gasteiger charge is 1.95. The molecule has 0 aliphatic rings. The first-order valence-electron chi connectivity index (χ1n) is 4.75. The van der Waals surface area contributed by atoms with E-state index in [1.54, 1.807) is 0 Å². The predicted octanol–water partition coefficient (Wildman–Crippen LogP) is 2.20. The van der Waals surface area contributed by atoms with Crippen LogP contribution in [0.2, 0.25) is 0 Å². The SMILES string of the molecule is CCOCCCOCCCOC(=O)Cl. The number of carbonyl (C=O) groups is 1. The van der Waals surface area contributed by atoms with Crippen molar-refractivity contribution in [3.05, 3.63) is 0 Å². The highest BCUT2D eigenvalue weighted by molar-refractivity contribution is 6.61. The van der Waals surface area contributed by atoms with Crippen LogP contribution in [0.15, 0.2) is 0 Å². The number of rotatable bonds is 9. The first-order chi connectivity index (χ1) is 6.77. The van der Waals surface area contributed by atoms with Gasteiger partial charge in [-0.2, -0.15) is 0 Å². The predicted molar refractivity (Wildman–Crippen MR) is 53.7 cm³/mol. The van der Waals surface area contributed by atoms with Crippen molar-refractivity contribution in [1.29, 1.82) is 0 Å². The van der Waals surface area contributed by atoms with Crippen LogP contribution in [0.3, 0.4) is 0 Å².